The van der Waals surface area contributed by atoms with Gasteiger partial charge >= 0.3 is 6.18 Å². The number of rotatable bonds is 5. The zero-order valence-electron chi connectivity index (χ0n) is 14.4. The first kappa shape index (κ1) is 18.5. The number of hydrogen-bond donors (Lipinski definition) is 2. The van der Waals surface area contributed by atoms with Gasteiger partial charge in [0.2, 0.25) is 0 Å². The molecule has 0 aliphatic heterocycles. The lowest BCUT2D eigenvalue weighted by molar-refractivity contribution is -0.137. The van der Waals surface area contributed by atoms with Crippen LogP contribution in [0.1, 0.15) is 11.1 Å². The third-order valence-corrected chi connectivity index (χ3v) is 3.96. The molecule has 5 nitrogen and oxygen atoms in total. The average molecular weight is 374 g/mol. The highest BCUT2D eigenvalue weighted by Gasteiger charge is 2.30. The van der Waals surface area contributed by atoms with Crippen molar-refractivity contribution in [1.82, 2.24) is 9.99 Å². The highest BCUT2D eigenvalue weighted by Crippen LogP contribution is 2.30. The Bertz CT molecular complexity index is 992. The lowest BCUT2D eigenvalue weighted by Gasteiger charge is -2.09. The normalized spacial score (nSPS) is 11.9. The summed E-state index contributed by atoms with van der Waals surface area (Å²) in [4.78, 5) is 11.8. The minimum atomic E-state index is -4.43. The molecule has 8 heteroatoms. The number of hydrogen-bond acceptors (Lipinski definition) is 3. The van der Waals surface area contributed by atoms with Gasteiger partial charge in [-0.15, -0.1) is 0 Å². The van der Waals surface area contributed by atoms with E-state index in [1.54, 1.807) is 0 Å². The van der Waals surface area contributed by atoms with Crippen molar-refractivity contribution in [2.45, 2.75) is 6.18 Å². The van der Waals surface area contributed by atoms with Gasteiger partial charge in [0, 0.05) is 35.4 Å². The van der Waals surface area contributed by atoms with Crippen LogP contribution in [0.15, 0.2) is 59.8 Å². The van der Waals surface area contributed by atoms with E-state index >= 15 is 0 Å². The quantitative estimate of drug-likeness (QED) is 0.528. The first-order valence-corrected chi connectivity index (χ1v) is 8.12. The minimum absolute atomic E-state index is 0.200. The third-order valence-electron chi connectivity index (χ3n) is 3.96. The highest BCUT2D eigenvalue weighted by molar-refractivity contribution is 5.99. The van der Waals surface area contributed by atoms with Crippen molar-refractivity contribution in [1.29, 1.82) is 0 Å². The van der Waals surface area contributed by atoms with Crippen molar-refractivity contribution in [2.24, 2.45) is 12.1 Å². The van der Waals surface area contributed by atoms with Crippen LogP contribution in [0.25, 0.3) is 10.9 Å². The molecule has 1 heterocycles. The van der Waals surface area contributed by atoms with Gasteiger partial charge in [-0.1, -0.05) is 24.3 Å². The molecule has 140 valence electrons. The van der Waals surface area contributed by atoms with Gasteiger partial charge in [-0.25, -0.2) is 5.43 Å². The van der Waals surface area contributed by atoms with Crippen LogP contribution < -0.4 is 10.7 Å². The Labute approximate surface area is 153 Å². The number of aromatic nitrogens is 1. The molecule has 27 heavy (non-hydrogen) atoms. The number of alkyl halides is 3. The number of nitrogens with one attached hydrogen (secondary N) is 2. The number of fused-ring (bicyclic) bond motifs is 1. The largest absolute Gasteiger partial charge is 0.416 e. The molecule has 2 N–H and O–H groups in total. The molecule has 0 saturated carbocycles. The topological polar surface area (TPSA) is 58.4 Å². The van der Waals surface area contributed by atoms with Gasteiger partial charge in [0.25, 0.3) is 5.91 Å². The first-order chi connectivity index (χ1) is 12.8. The second kappa shape index (κ2) is 7.53. The van der Waals surface area contributed by atoms with E-state index in [1.807, 2.05) is 42.1 Å². The summed E-state index contributed by atoms with van der Waals surface area (Å²) < 4.78 is 40.0. The molecule has 1 amide bonds. The molecule has 2 aromatic carbocycles. The van der Waals surface area contributed by atoms with Gasteiger partial charge in [-0.3, -0.25) is 4.79 Å². The van der Waals surface area contributed by atoms with E-state index in [4.69, 9.17) is 0 Å². The summed E-state index contributed by atoms with van der Waals surface area (Å²) in [6, 6.07) is 12.4. The van der Waals surface area contributed by atoms with E-state index in [0.29, 0.717) is 0 Å². The number of benzene rings is 2. The molecular formula is C19H17F3N4O. The fourth-order valence-electron chi connectivity index (χ4n) is 2.68. The molecule has 0 aliphatic carbocycles. The van der Waals surface area contributed by atoms with Crippen LogP contribution in [0.4, 0.5) is 18.9 Å². The summed E-state index contributed by atoms with van der Waals surface area (Å²) in [6.45, 7) is -0.200. The zero-order chi connectivity index (χ0) is 19.4. The number of anilines is 1. The Morgan fingerprint density at radius 1 is 1.19 bits per heavy atom. The lowest BCUT2D eigenvalue weighted by atomic mass is 10.2. The number of hydrazone groups is 1. The molecule has 0 saturated heterocycles. The maximum Gasteiger partial charge on any atom is 0.416 e. The first-order valence-electron chi connectivity index (χ1n) is 8.12. The predicted octanol–water partition coefficient (Wildman–Crippen LogP) is 3.76. The lowest BCUT2D eigenvalue weighted by Crippen LogP contribution is -2.26. The van der Waals surface area contributed by atoms with Crippen LogP contribution in [-0.4, -0.2) is 23.2 Å². The van der Waals surface area contributed by atoms with Gasteiger partial charge in [-0.2, -0.15) is 18.3 Å². The highest BCUT2D eigenvalue weighted by atomic mass is 19.4. The number of amides is 1. The molecule has 0 fully saturated rings. The van der Waals surface area contributed by atoms with Crippen molar-refractivity contribution >= 4 is 28.7 Å². The molecule has 3 aromatic rings. The number of carbonyl (C=O) groups is 1. The second-order valence-corrected chi connectivity index (χ2v) is 5.94. The number of para-hydroxylation sites is 1. The van der Waals surface area contributed by atoms with Crippen LogP contribution in [-0.2, 0) is 18.0 Å². The number of carbonyl (C=O) groups excluding carboxylic acids is 1. The van der Waals surface area contributed by atoms with Crippen LogP contribution in [0, 0.1) is 0 Å². The maximum atomic E-state index is 12.7. The molecule has 0 radical (unpaired) electrons. The molecule has 0 unspecified atom stereocenters. The van der Waals surface area contributed by atoms with Gasteiger partial charge < -0.3 is 9.88 Å². The van der Waals surface area contributed by atoms with Crippen LogP contribution in [0.5, 0.6) is 0 Å². The monoisotopic (exact) mass is 374 g/mol. The molecule has 0 aliphatic rings. The molecular weight excluding hydrogens is 357 g/mol. The van der Waals surface area contributed by atoms with Crippen molar-refractivity contribution in [3.05, 3.63) is 65.9 Å². The summed E-state index contributed by atoms with van der Waals surface area (Å²) in [6.07, 6.45) is -1.01. The Hall–Kier alpha value is -3.29. The number of nitrogens with zero attached hydrogens (tertiary/aromatic N) is 2. The SMILES string of the molecule is Cn1cc(/C=N\NC(=O)CNc2cccc(C(F)(F)F)c2)c2ccccc21. The van der Waals surface area contributed by atoms with Crippen LogP contribution in [0.2, 0.25) is 0 Å². The third kappa shape index (κ3) is 4.46. The fraction of sp³-hybridized carbons (Fsp3) is 0.158. The Morgan fingerprint density at radius 2 is 1.96 bits per heavy atom. The van der Waals surface area contributed by atoms with Crippen molar-refractivity contribution in [3.63, 3.8) is 0 Å². The van der Waals surface area contributed by atoms with E-state index in [-0.39, 0.29) is 12.2 Å². The van der Waals surface area contributed by atoms with Crippen LogP contribution >= 0.6 is 0 Å². The fourth-order valence-corrected chi connectivity index (χ4v) is 2.68. The Balaban J connectivity index is 1.58. The van der Waals surface area contributed by atoms with E-state index in [1.165, 1.54) is 18.3 Å². The Morgan fingerprint density at radius 3 is 2.74 bits per heavy atom. The van der Waals surface area contributed by atoms with Crippen molar-refractivity contribution in [3.8, 4) is 0 Å². The summed E-state index contributed by atoms with van der Waals surface area (Å²) in [7, 11) is 1.91. The van der Waals surface area contributed by atoms with Crippen molar-refractivity contribution < 1.29 is 18.0 Å². The smallest absolute Gasteiger partial charge is 0.376 e. The maximum absolute atomic E-state index is 12.7. The van der Waals surface area contributed by atoms with Gasteiger partial charge in [-0.05, 0) is 24.3 Å². The zero-order valence-corrected chi connectivity index (χ0v) is 14.4. The van der Waals surface area contributed by atoms with E-state index < -0.39 is 17.6 Å². The minimum Gasteiger partial charge on any atom is -0.376 e. The molecule has 1 aromatic heterocycles. The summed E-state index contributed by atoms with van der Waals surface area (Å²) in [5.74, 6) is -0.469. The molecule has 0 spiro atoms. The molecule has 3 rings (SSSR count). The van der Waals surface area contributed by atoms with Crippen molar-refractivity contribution in [2.75, 3.05) is 11.9 Å². The van der Waals surface area contributed by atoms with Gasteiger partial charge in [0.1, 0.15) is 0 Å². The standard InChI is InChI=1S/C19H17F3N4O/c1-26-12-13(16-7-2-3-8-17(16)26)10-24-25-18(27)11-23-15-6-4-5-14(9-15)19(20,21)22/h2-10,12,23H,11H2,1H3,(H,25,27)/b24-10-. The van der Waals surface area contributed by atoms with E-state index in [0.717, 1.165) is 28.6 Å². The van der Waals surface area contributed by atoms with E-state index in [9.17, 15) is 18.0 Å². The number of aryl methyl sites for hydroxylation is 1. The molecule has 0 atom stereocenters. The summed E-state index contributed by atoms with van der Waals surface area (Å²) in [5.41, 5.74) is 3.67. The predicted molar refractivity (Wildman–Crippen MR) is 98.6 cm³/mol. The average Bonchev–Trinajstić information content (AvgIpc) is 2.96. The second-order valence-electron chi connectivity index (χ2n) is 5.94. The molecule has 0 bridgehead atoms. The number of halogens is 3. The summed E-state index contributed by atoms with van der Waals surface area (Å²) >= 11 is 0. The summed E-state index contributed by atoms with van der Waals surface area (Å²) in [5, 5.41) is 7.57. The van der Waals surface area contributed by atoms with E-state index in [2.05, 4.69) is 15.8 Å². The van der Waals surface area contributed by atoms with Crippen LogP contribution in [0.3, 0.4) is 0 Å². The van der Waals surface area contributed by atoms with Gasteiger partial charge in [0.15, 0.2) is 0 Å². The van der Waals surface area contributed by atoms with Gasteiger partial charge in [0.05, 0.1) is 18.3 Å². The Kier molecular flexibility index (Phi) is 5.16.